The molecule has 0 radical (unpaired) electrons. The zero-order chi connectivity index (χ0) is 24.6. The van der Waals surface area contributed by atoms with Crippen molar-refractivity contribution in [3.63, 3.8) is 0 Å². The maximum absolute atomic E-state index is 13.2. The van der Waals surface area contributed by atoms with Crippen molar-refractivity contribution in [2.45, 2.75) is 59.2 Å². The molecule has 0 saturated heterocycles. The van der Waals surface area contributed by atoms with Crippen LogP contribution in [0.3, 0.4) is 0 Å². The predicted octanol–water partition coefficient (Wildman–Crippen LogP) is 3.48. The Labute approximate surface area is 197 Å². The molecule has 0 aliphatic rings. The van der Waals surface area contributed by atoms with Gasteiger partial charge in [0.2, 0.25) is 21.8 Å². The number of para-hydroxylation sites is 1. The van der Waals surface area contributed by atoms with E-state index in [-0.39, 0.29) is 30.8 Å². The Kier molecular flexibility index (Phi) is 9.46. The molecule has 0 aliphatic carbocycles. The van der Waals surface area contributed by atoms with E-state index in [1.54, 1.807) is 36.1 Å². The van der Waals surface area contributed by atoms with Crippen LogP contribution in [0.2, 0.25) is 0 Å². The van der Waals surface area contributed by atoms with E-state index in [1.165, 1.54) is 4.31 Å². The van der Waals surface area contributed by atoms with Crippen LogP contribution < -0.4 is 9.62 Å². The van der Waals surface area contributed by atoms with Gasteiger partial charge in [-0.15, -0.1) is 0 Å². The number of benzene rings is 2. The van der Waals surface area contributed by atoms with Gasteiger partial charge < -0.3 is 10.2 Å². The molecule has 2 aromatic rings. The number of aryl methyl sites for hydroxylation is 1. The molecule has 1 atom stereocenters. The molecular weight excluding hydrogens is 438 g/mol. The van der Waals surface area contributed by atoms with Crippen molar-refractivity contribution >= 4 is 27.5 Å². The lowest BCUT2D eigenvalue weighted by Gasteiger charge is -2.30. The van der Waals surface area contributed by atoms with E-state index in [0.717, 1.165) is 17.4 Å². The summed E-state index contributed by atoms with van der Waals surface area (Å²) in [6.45, 7) is 7.94. The largest absolute Gasteiger partial charge is 0.352 e. The first kappa shape index (κ1) is 26.4. The van der Waals surface area contributed by atoms with Gasteiger partial charge in [-0.3, -0.25) is 13.9 Å². The summed E-state index contributed by atoms with van der Waals surface area (Å²) in [6, 6.07) is 15.9. The number of carbonyl (C=O) groups excluding carboxylic acids is 2. The second kappa shape index (κ2) is 11.8. The van der Waals surface area contributed by atoms with E-state index in [4.69, 9.17) is 0 Å². The smallest absolute Gasteiger partial charge is 0.242 e. The molecule has 0 fully saturated rings. The topological polar surface area (TPSA) is 86.8 Å². The molecule has 0 saturated carbocycles. The monoisotopic (exact) mass is 473 g/mol. The van der Waals surface area contributed by atoms with Crippen molar-refractivity contribution in [1.29, 1.82) is 0 Å². The first-order valence-corrected chi connectivity index (χ1v) is 13.0. The van der Waals surface area contributed by atoms with E-state index < -0.39 is 16.1 Å². The standard InChI is InChI=1S/C25H35N3O4S/c1-19(2)26-25(30)21(4)27(18-22-13-10-9-12-20(22)3)24(29)16-11-17-28(33(5,31)32)23-14-7-6-8-15-23/h6-10,12-15,19,21H,11,16-18H2,1-5H3,(H,26,30)/t21-/m0/s1. The maximum atomic E-state index is 13.2. The third-order valence-electron chi connectivity index (χ3n) is 5.40. The SMILES string of the molecule is Cc1ccccc1CN(C(=O)CCCN(c1ccccc1)S(C)(=O)=O)[C@@H](C)C(=O)NC(C)C. The third kappa shape index (κ3) is 7.89. The Morgan fingerprint density at radius 3 is 2.15 bits per heavy atom. The molecule has 0 unspecified atom stereocenters. The highest BCUT2D eigenvalue weighted by atomic mass is 32.2. The molecule has 0 aromatic heterocycles. The maximum Gasteiger partial charge on any atom is 0.242 e. The Balaban J connectivity index is 2.16. The fourth-order valence-electron chi connectivity index (χ4n) is 3.56. The van der Waals surface area contributed by atoms with E-state index >= 15 is 0 Å². The van der Waals surface area contributed by atoms with Gasteiger partial charge in [0.15, 0.2) is 0 Å². The Morgan fingerprint density at radius 2 is 1.58 bits per heavy atom. The van der Waals surface area contributed by atoms with Gasteiger partial charge in [-0.05, 0) is 57.4 Å². The van der Waals surface area contributed by atoms with E-state index in [1.807, 2.05) is 51.1 Å². The zero-order valence-corrected chi connectivity index (χ0v) is 20.9. The summed E-state index contributed by atoms with van der Waals surface area (Å²) in [4.78, 5) is 27.5. The number of amides is 2. The number of anilines is 1. The average molecular weight is 474 g/mol. The highest BCUT2D eigenvalue weighted by molar-refractivity contribution is 7.92. The van der Waals surface area contributed by atoms with Gasteiger partial charge >= 0.3 is 0 Å². The summed E-state index contributed by atoms with van der Waals surface area (Å²) >= 11 is 0. The normalized spacial score (nSPS) is 12.3. The van der Waals surface area contributed by atoms with Crippen molar-refractivity contribution in [3.05, 3.63) is 65.7 Å². The summed E-state index contributed by atoms with van der Waals surface area (Å²) in [5, 5.41) is 2.87. The van der Waals surface area contributed by atoms with Crippen molar-refractivity contribution in [2.24, 2.45) is 0 Å². The van der Waals surface area contributed by atoms with Crippen LogP contribution in [0, 0.1) is 6.92 Å². The van der Waals surface area contributed by atoms with Crippen LogP contribution in [0.25, 0.3) is 0 Å². The minimum atomic E-state index is -3.49. The van der Waals surface area contributed by atoms with Gasteiger partial charge in [0.1, 0.15) is 6.04 Å². The molecule has 2 rings (SSSR count). The van der Waals surface area contributed by atoms with Crippen LogP contribution in [-0.2, 0) is 26.2 Å². The van der Waals surface area contributed by atoms with E-state index in [0.29, 0.717) is 18.7 Å². The highest BCUT2D eigenvalue weighted by Crippen LogP contribution is 2.19. The van der Waals surface area contributed by atoms with E-state index in [2.05, 4.69) is 5.32 Å². The van der Waals surface area contributed by atoms with Gasteiger partial charge in [0.05, 0.1) is 11.9 Å². The van der Waals surface area contributed by atoms with Crippen LogP contribution in [-0.4, -0.2) is 50.0 Å². The Morgan fingerprint density at radius 1 is 0.970 bits per heavy atom. The lowest BCUT2D eigenvalue weighted by Crippen LogP contribution is -2.49. The lowest BCUT2D eigenvalue weighted by atomic mass is 10.1. The quantitative estimate of drug-likeness (QED) is 0.541. The van der Waals surface area contributed by atoms with Crippen molar-refractivity contribution < 1.29 is 18.0 Å². The van der Waals surface area contributed by atoms with Crippen LogP contribution in [0.5, 0.6) is 0 Å². The molecule has 0 aliphatic heterocycles. The number of hydrogen-bond acceptors (Lipinski definition) is 4. The Bertz CT molecular complexity index is 1040. The van der Waals surface area contributed by atoms with Gasteiger partial charge in [-0.1, -0.05) is 42.5 Å². The second-order valence-corrected chi connectivity index (χ2v) is 10.5. The van der Waals surface area contributed by atoms with Crippen molar-refractivity contribution in [1.82, 2.24) is 10.2 Å². The molecule has 0 bridgehead atoms. The number of hydrogen-bond donors (Lipinski definition) is 1. The molecule has 0 heterocycles. The van der Waals surface area contributed by atoms with Gasteiger partial charge in [-0.2, -0.15) is 0 Å². The van der Waals surface area contributed by atoms with Crippen LogP contribution in [0.4, 0.5) is 5.69 Å². The molecule has 2 aromatic carbocycles. The average Bonchev–Trinajstić information content (AvgIpc) is 2.74. The lowest BCUT2D eigenvalue weighted by molar-refractivity contribution is -0.140. The molecule has 33 heavy (non-hydrogen) atoms. The fourth-order valence-corrected chi connectivity index (χ4v) is 4.52. The third-order valence-corrected chi connectivity index (χ3v) is 6.59. The minimum absolute atomic E-state index is 0.0374. The molecular formula is C25H35N3O4S. The number of nitrogens with zero attached hydrogens (tertiary/aromatic N) is 2. The minimum Gasteiger partial charge on any atom is -0.352 e. The van der Waals surface area contributed by atoms with Crippen molar-refractivity contribution in [3.8, 4) is 0 Å². The first-order chi connectivity index (χ1) is 15.5. The second-order valence-electron chi connectivity index (χ2n) is 8.56. The number of sulfonamides is 1. The molecule has 0 spiro atoms. The Hall–Kier alpha value is -2.87. The molecule has 8 heteroatoms. The summed E-state index contributed by atoms with van der Waals surface area (Å²) in [5.74, 6) is -0.403. The fraction of sp³-hybridized carbons (Fsp3) is 0.440. The van der Waals surface area contributed by atoms with Crippen LogP contribution in [0.15, 0.2) is 54.6 Å². The molecule has 1 N–H and O–H groups in total. The van der Waals surface area contributed by atoms with Crippen LogP contribution >= 0.6 is 0 Å². The summed E-state index contributed by atoms with van der Waals surface area (Å²) in [6.07, 6.45) is 1.62. The number of carbonyl (C=O) groups is 2. The molecule has 180 valence electrons. The molecule has 7 nitrogen and oxygen atoms in total. The summed E-state index contributed by atoms with van der Waals surface area (Å²) in [7, 11) is -3.49. The summed E-state index contributed by atoms with van der Waals surface area (Å²) in [5.41, 5.74) is 2.57. The zero-order valence-electron chi connectivity index (χ0n) is 20.1. The predicted molar refractivity (Wildman–Crippen MR) is 132 cm³/mol. The highest BCUT2D eigenvalue weighted by Gasteiger charge is 2.27. The first-order valence-electron chi connectivity index (χ1n) is 11.2. The van der Waals surface area contributed by atoms with E-state index in [9.17, 15) is 18.0 Å². The van der Waals surface area contributed by atoms with Crippen LogP contribution in [0.1, 0.15) is 44.7 Å². The van der Waals surface area contributed by atoms with Crippen molar-refractivity contribution in [2.75, 3.05) is 17.1 Å². The van der Waals surface area contributed by atoms with Gasteiger partial charge in [-0.25, -0.2) is 8.42 Å². The number of nitrogens with one attached hydrogen (secondary N) is 1. The molecule has 2 amide bonds. The summed E-state index contributed by atoms with van der Waals surface area (Å²) < 4.78 is 25.9. The van der Waals surface area contributed by atoms with Gasteiger partial charge in [0, 0.05) is 25.6 Å². The number of rotatable bonds is 11. The van der Waals surface area contributed by atoms with Gasteiger partial charge in [0.25, 0.3) is 0 Å².